The van der Waals surface area contributed by atoms with Gasteiger partial charge in [0, 0.05) is 50.5 Å². The van der Waals surface area contributed by atoms with E-state index in [-0.39, 0.29) is 0 Å². The molecule has 1 saturated heterocycles. The summed E-state index contributed by atoms with van der Waals surface area (Å²) in [5.41, 5.74) is 3.66. The Kier molecular flexibility index (Phi) is 5.43. The van der Waals surface area contributed by atoms with E-state index in [9.17, 15) is 0 Å². The summed E-state index contributed by atoms with van der Waals surface area (Å²) in [6.45, 7) is 5.98. The average Bonchev–Trinajstić information content (AvgIpc) is 2.71. The molecule has 1 aromatic carbocycles. The summed E-state index contributed by atoms with van der Waals surface area (Å²) in [5, 5.41) is 0. The lowest BCUT2D eigenvalue weighted by Crippen LogP contribution is -2.50. The maximum Gasteiger partial charge on any atom is 0.0701 e. The van der Waals surface area contributed by atoms with Crippen LogP contribution in [0.4, 0.5) is 0 Å². The second-order valence-electron chi connectivity index (χ2n) is 7.52. The summed E-state index contributed by atoms with van der Waals surface area (Å²) in [6, 6.07) is 15.9. The highest BCUT2D eigenvalue weighted by Gasteiger charge is 2.24. The Morgan fingerprint density at radius 1 is 0.840 bits per heavy atom. The normalized spacial score (nSPS) is 20.6. The molecule has 0 bridgehead atoms. The van der Waals surface area contributed by atoms with E-state index in [1.807, 2.05) is 18.3 Å². The van der Waals surface area contributed by atoms with E-state index in [0.29, 0.717) is 0 Å². The summed E-state index contributed by atoms with van der Waals surface area (Å²) < 4.78 is 0. The molecule has 1 saturated carbocycles. The molecule has 0 atom stereocenters. The minimum atomic E-state index is 0.869. The lowest BCUT2D eigenvalue weighted by molar-refractivity contribution is 0.0755. The third-order valence-corrected chi connectivity index (χ3v) is 5.82. The van der Waals surface area contributed by atoms with Crippen molar-refractivity contribution in [3.05, 3.63) is 54.2 Å². The molecule has 0 amide bonds. The monoisotopic (exact) mass is 335 g/mol. The average molecular weight is 335 g/mol. The van der Waals surface area contributed by atoms with Crippen LogP contribution in [-0.4, -0.2) is 47.0 Å². The fourth-order valence-electron chi connectivity index (χ4n) is 4.31. The lowest BCUT2D eigenvalue weighted by Gasteiger charge is -2.40. The van der Waals surface area contributed by atoms with E-state index < -0.39 is 0 Å². The van der Waals surface area contributed by atoms with Gasteiger partial charge in [0.2, 0.25) is 0 Å². The highest BCUT2D eigenvalue weighted by molar-refractivity contribution is 5.58. The van der Waals surface area contributed by atoms with Crippen molar-refractivity contribution in [1.82, 2.24) is 14.8 Å². The standard InChI is InChI=1S/C22H29N3/c1-2-6-21(7-3-1)25-16-14-24(15-17-25)18-19-9-11-20(12-10-19)22-8-4-5-13-23-22/h4-5,8-13,21H,1-3,6-7,14-18H2. The first-order valence-electron chi connectivity index (χ1n) is 9.85. The van der Waals surface area contributed by atoms with Crippen molar-refractivity contribution in [3.8, 4) is 11.3 Å². The topological polar surface area (TPSA) is 19.4 Å². The fraction of sp³-hybridized carbons (Fsp3) is 0.500. The number of piperazine rings is 1. The van der Waals surface area contributed by atoms with E-state index in [4.69, 9.17) is 0 Å². The maximum atomic E-state index is 4.43. The molecule has 132 valence electrons. The SMILES string of the molecule is c1ccc(-c2ccc(CN3CCN(C4CCCCC4)CC3)cc2)nc1. The molecule has 2 fully saturated rings. The van der Waals surface area contributed by atoms with E-state index in [1.54, 1.807) is 0 Å². The van der Waals surface area contributed by atoms with Gasteiger partial charge in [-0.05, 0) is 30.5 Å². The van der Waals surface area contributed by atoms with Gasteiger partial charge >= 0.3 is 0 Å². The largest absolute Gasteiger partial charge is 0.298 e. The fourth-order valence-corrected chi connectivity index (χ4v) is 4.31. The lowest BCUT2D eigenvalue weighted by atomic mass is 9.94. The van der Waals surface area contributed by atoms with Crippen molar-refractivity contribution < 1.29 is 0 Å². The summed E-state index contributed by atoms with van der Waals surface area (Å²) >= 11 is 0. The van der Waals surface area contributed by atoms with E-state index >= 15 is 0 Å². The number of benzene rings is 1. The zero-order valence-electron chi connectivity index (χ0n) is 15.1. The third-order valence-electron chi connectivity index (χ3n) is 5.82. The third kappa shape index (κ3) is 4.28. The van der Waals surface area contributed by atoms with Crippen LogP contribution >= 0.6 is 0 Å². The van der Waals surface area contributed by atoms with Crippen LogP contribution in [0.3, 0.4) is 0 Å². The molecule has 25 heavy (non-hydrogen) atoms. The van der Waals surface area contributed by atoms with Crippen LogP contribution in [0.25, 0.3) is 11.3 Å². The van der Waals surface area contributed by atoms with Crippen LogP contribution in [0.5, 0.6) is 0 Å². The molecule has 2 aliphatic rings. The summed E-state index contributed by atoms with van der Waals surface area (Å²) in [4.78, 5) is 9.79. The highest BCUT2D eigenvalue weighted by atomic mass is 15.3. The molecule has 2 aromatic rings. The Labute approximate surface area is 151 Å². The van der Waals surface area contributed by atoms with E-state index in [2.05, 4.69) is 45.1 Å². The number of nitrogens with zero attached hydrogens (tertiary/aromatic N) is 3. The van der Waals surface area contributed by atoms with Crippen molar-refractivity contribution in [2.45, 2.75) is 44.7 Å². The number of hydrogen-bond acceptors (Lipinski definition) is 3. The second kappa shape index (κ2) is 8.11. The van der Waals surface area contributed by atoms with Gasteiger partial charge in [0.15, 0.2) is 0 Å². The van der Waals surface area contributed by atoms with Crippen LogP contribution in [0.15, 0.2) is 48.7 Å². The van der Waals surface area contributed by atoms with Crippen molar-refractivity contribution >= 4 is 0 Å². The smallest absolute Gasteiger partial charge is 0.0701 e. The number of rotatable bonds is 4. The van der Waals surface area contributed by atoms with Crippen LogP contribution in [-0.2, 0) is 6.54 Å². The van der Waals surface area contributed by atoms with Gasteiger partial charge in [-0.1, -0.05) is 49.6 Å². The number of pyridine rings is 1. The molecular formula is C22H29N3. The van der Waals surface area contributed by atoms with E-state index in [1.165, 1.54) is 69.4 Å². The van der Waals surface area contributed by atoms with Crippen molar-refractivity contribution in [3.63, 3.8) is 0 Å². The zero-order valence-corrected chi connectivity index (χ0v) is 15.1. The molecule has 3 nitrogen and oxygen atoms in total. The first-order chi connectivity index (χ1) is 12.4. The van der Waals surface area contributed by atoms with Crippen LogP contribution in [0.2, 0.25) is 0 Å². The van der Waals surface area contributed by atoms with Gasteiger partial charge in [0.25, 0.3) is 0 Å². The Balaban J connectivity index is 1.30. The molecule has 1 aliphatic carbocycles. The maximum absolute atomic E-state index is 4.43. The Morgan fingerprint density at radius 3 is 2.28 bits per heavy atom. The molecule has 3 heteroatoms. The minimum Gasteiger partial charge on any atom is -0.298 e. The molecule has 0 spiro atoms. The second-order valence-corrected chi connectivity index (χ2v) is 7.52. The Hall–Kier alpha value is -1.71. The van der Waals surface area contributed by atoms with Gasteiger partial charge in [-0.25, -0.2) is 0 Å². The summed E-state index contributed by atoms with van der Waals surface area (Å²) in [5.74, 6) is 0. The molecule has 2 heterocycles. The van der Waals surface area contributed by atoms with Gasteiger partial charge in [0.05, 0.1) is 5.69 Å². The molecule has 1 aromatic heterocycles. The molecular weight excluding hydrogens is 306 g/mol. The quantitative estimate of drug-likeness (QED) is 0.835. The van der Waals surface area contributed by atoms with Crippen molar-refractivity contribution in [2.24, 2.45) is 0 Å². The van der Waals surface area contributed by atoms with Crippen LogP contribution < -0.4 is 0 Å². The summed E-state index contributed by atoms with van der Waals surface area (Å²) in [6.07, 6.45) is 9.03. The van der Waals surface area contributed by atoms with Gasteiger partial charge < -0.3 is 0 Å². The van der Waals surface area contributed by atoms with Gasteiger partial charge in [-0.3, -0.25) is 14.8 Å². The van der Waals surface area contributed by atoms with Crippen molar-refractivity contribution in [2.75, 3.05) is 26.2 Å². The first kappa shape index (κ1) is 16.7. The number of hydrogen-bond donors (Lipinski definition) is 0. The molecule has 0 unspecified atom stereocenters. The summed E-state index contributed by atoms with van der Waals surface area (Å²) in [7, 11) is 0. The molecule has 4 rings (SSSR count). The Morgan fingerprint density at radius 2 is 1.60 bits per heavy atom. The van der Waals surface area contributed by atoms with Gasteiger partial charge in [-0.2, -0.15) is 0 Å². The van der Waals surface area contributed by atoms with E-state index in [0.717, 1.165) is 18.3 Å². The zero-order chi connectivity index (χ0) is 16.9. The number of aromatic nitrogens is 1. The first-order valence-corrected chi connectivity index (χ1v) is 9.85. The molecule has 0 radical (unpaired) electrons. The van der Waals surface area contributed by atoms with Gasteiger partial charge in [0.1, 0.15) is 0 Å². The van der Waals surface area contributed by atoms with Crippen molar-refractivity contribution in [1.29, 1.82) is 0 Å². The minimum absolute atomic E-state index is 0.869. The predicted octanol–water partition coefficient (Wildman–Crippen LogP) is 4.20. The molecule has 0 N–H and O–H groups in total. The predicted molar refractivity (Wildman–Crippen MR) is 103 cm³/mol. The molecule has 1 aliphatic heterocycles. The van der Waals surface area contributed by atoms with Crippen LogP contribution in [0, 0.1) is 0 Å². The highest BCUT2D eigenvalue weighted by Crippen LogP contribution is 2.24. The van der Waals surface area contributed by atoms with Crippen LogP contribution in [0.1, 0.15) is 37.7 Å². The Bertz CT molecular complexity index is 639. The van der Waals surface area contributed by atoms with Gasteiger partial charge in [-0.15, -0.1) is 0 Å².